The molecule has 3 rings (SSSR count). The van der Waals surface area contributed by atoms with Gasteiger partial charge in [-0.2, -0.15) is 0 Å². The number of carbonyl (C=O) groups excluding carboxylic acids is 2. The molecule has 1 atom stereocenters. The van der Waals surface area contributed by atoms with Crippen molar-refractivity contribution in [2.75, 3.05) is 27.4 Å². The van der Waals surface area contributed by atoms with Crippen LogP contribution in [0.3, 0.4) is 0 Å². The summed E-state index contributed by atoms with van der Waals surface area (Å²) in [6.45, 7) is 0.641. The zero-order valence-electron chi connectivity index (χ0n) is 16.9. The number of aliphatic hydroxyl groups excluding tert-OH is 1. The molecule has 9 heteroatoms. The zero-order valence-corrected chi connectivity index (χ0v) is 19.2. The Kier molecular flexibility index (Phi) is 7.25. The number of carbonyl (C=O) groups is 2. The Bertz CT molecular complexity index is 1050. The van der Waals surface area contributed by atoms with Gasteiger partial charge in [-0.15, -0.1) is 0 Å². The van der Waals surface area contributed by atoms with Gasteiger partial charge < -0.3 is 24.6 Å². The van der Waals surface area contributed by atoms with Gasteiger partial charge in [0, 0.05) is 25.8 Å². The van der Waals surface area contributed by atoms with Crippen LogP contribution in [-0.4, -0.2) is 54.2 Å². The Morgan fingerprint density at radius 3 is 2.55 bits per heavy atom. The van der Waals surface area contributed by atoms with Gasteiger partial charge in [-0.05, 0) is 58.2 Å². The summed E-state index contributed by atoms with van der Waals surface area (Å²) in [5, 5.41) is 20.9. The number of phenolic OH excluding ortho intramolecular Hbond substituents is 1. The molecule has 31 heavy (non-hydrogen) atoms. The van der Waals surface area contributed by atoms with Gasteiger partial charge in [0.2, 0.25) is 0 Å². The minimum atomic E-state index is -0.865. The van der Waals surface area contributed by atoms with E-state index in [0.717, 1.165) is 0 Å². The fourth-order valence-electron chi connectivity index (χ4n) is 3.50. The van der Waals surface area contributed by atoms with Crippen molar-refractivity contribution in [3.63, 3.8) is 0 Å². The summed E-state index contributed by atoms with van der Waals surface area (Å²) in [6, 6.07) is 8.41. The number of phenols is 1. The molecule has 164 valence electrons. The minimum Gasteiger partial charge on any atom is -0.507 e. The third-order valence-electron chi connectivity index (χ3n) is 5.00. The summed E-state index contributed by atoms with van der Waals surface area (Å²) >= 11 is 9.44. The second kappa shape index (κ2) is 9.72. The van der Waals surface area contributed by atoms with Crippen LogP contribution in [0.25, 0.3) is 5.76 Å². The van der Waals surface area contributed by atoms with E-state index in [1.807, 2.05) is 0 Å². The van der Waals surface area contributed by atoms with E-state index in [0.29, 0.717) is 34.4 Å². The maximum atomic E-state index is 12.9. The van der Waals surface area contributed by atoms with Crippen molar-refractivity contribution in [2.45, 2.75) is 12.5 Å². The number of aliphatic hydroxyl groups is 1. The number of ether oxygens (including phenoxy) is 2. The van der Waals surface area contributed by atoms with Gasteiger partial charge in [0.05, 0.1) is 28.2 Å². The van der Waals surface area contributed by atoms with Gasteiger partial charge in [0.1, 0.15) is 17.3 Å². The number of Topliss-reactive ketones (excluding diaryl/α,β-unsaturated/α-hetero) is 1. The number of nitrogens with zero attached hydrogens (tertiary/aromatic N) is 1. The number of likely N-dealkylation sites (tertiary alicyclic amines) is 1. The molecule has 1 saturated heterocycles. The van der Waals surface area contributed by atoms with E-state index in [1.54, 1.807) is 31.4 Å². The molecule has 0 aliphatic carbocycles. The Labute approximate surface area is 193 Å². The largest absolute Gasteiger partial charge is 0.507 e. The second-order valence-corrected chi connectivity index (χ2v) is 8.16. The molecule has 0 saturated carbocycles. The third kappa shape index (κ3) is 4.56. The van der Waals surface area contributed by atoms with Crippen LogP contribution >= 0.6 is 27.5 Å². The summed E-state index contributed by atoms with van der Waals surface area (Å²) in [5.74, 6) is -1.40. The molecule has 1 unspecified atom stereocenters. The lowest BCUT2D eigenvalue weighted by Gasteiger charge is -2.25. The lowest BCUT2D eigenvalue weighted by molar-refractivity contribution is -0.140. The molecule has 0 aromatic heterocycles. The van der Waals surface area contributed by atoms with E-state index in [1.165, 1.54) is 24.1 Å². The monoisotopic (exact) mass is 509 g/mol. The van der Waals surface area contributed by atoms with Crippen molar-refractivity contribution < 1.29 is 29.3 Å². The minimum absolute atomic E-state index is 0.0544. The number of aromatic hydroxyl groups is 1. The number of hydrogen-bond donors (Lipinski definition) is 2. The fourth-order valence-corrected chi connectivity index (χ4v) is 4.23. The van der Waals surface area contributed by atoms with Crippen LogP contribution in [-0.2, 0) is 14.3 Å². The number of methoxy groups -OCH3 is 2. The summed E-state index contributed by atoms with van der Waals surface area (Å²) < 4.78 is 10.8. The van der Waals surface area contributed by atoms with E-state index >= 15 is 0 Å². The average molecular weight is 511 g/mol. The van der Waals surface area contributed by atoms with Crippen molar-refractivity contribution in [3.05, 3.63) is 62.6 Å². The molecule has 2 aromatic carbocycles. The first-order valence-electron chi connectivity index (χ1n) is 9.39. The van der Waals surface area contributed by atoms with Crippen LogP contribution in [0.2, 0.25) is 5.02 Å². The molecule has 2 aromatic rings. The summed E-state index contributed by atoms with van der Waals surface area (Å²) in [7, 11) is 3.06. The molecule has 1 aliphatic heterocycles. The third-order valence-corrected chi connectivity index (χ3v) is 5.92. The SMILES string of the molecule is COCCCN1C(=O)C(=O)/C(=C(\O)c2ccc(OC)c(Br)c2)C1c1ccc(O)c(Cl)c1. The molecule has 1 aliphatic rings. The predicted octanol–water partition coefficient (Wildman–Crippen LogP) is 4.27. The van der Waals surface area contributed by atoms with E-state index in [-0.39, 0.29) is 28.6 Å². The number of ketones is 1. The van der Waals surface area contributed by atoms with Gasteiger partial charge in [-0.1, -0.05) is 17.7 Å². The van der Waals surface area contributed by atoms with Gasteiger partial charge in [-0.25, -0.2) is 0 Å². The molecular weight excluding hydrogens is 490 g/mol. The van der Waals surface area contributed by atoms with Crippen LogP contribution in [0.4, 0.5) is 0 Å². The van der Waals surface area contributed by atoms with Gasteiger partial charge in [-0.3, -0.25) is 9.59 Å². The number of benzene rings is 2. The number of halogens is 2. The highest BCUT2D eigenvalue weighted by Gasteiger charge is 2.46. The summed E-state index contributed by atoms with van der Waals surface area (Å²) in [6.07, 6.45) is 0.500. The Morgan fingerprint density at radius 2 is 1.94 bits per heavy atom. The van der Waals surface area contributed by atoms with E-state index < -0.39 is 17.7 Å². The van der Waals surface area contributed by atoms with Crippen molar-refractivity contribution in [2.24, 2.45) is 0 Å². The van der Waals surface area contributed by atoms with Crippen molar-refractivity contribution in [1.29, 1.82) is 0 Å². The molecule has 1 heterocycles. The summed E-state index contributed by atoms with van der Waals surface area (Å²) in [4.78, 5) is 27.2. The van der Waals surface area contributed by atoms with Crippen LogP contribution in [0.5, 0.6) is 11.5 Å². The standard InChI is InChI=1S/C22H21BrClNO6/c1-30-9-3-8-25-19(12-4-6-16(26)15(24)11-12)18(21(28)22(25)29)20(27)13-5-7-17(31-2)14(23)10-13/h4-7,10-11,19,26-27H,3,8-9H2,1-2H3/b20-18-. The zero-order chi connectivity index (χ0) is 22.7. The highest BCUT2D eigenvalue weighted by atomic mass is 79.9. The molecule has 7 nitrogen and oxygen atoms in total. The molecular formula is C22H21BrClNO6. The quantitative estimate of drug-likeness (QED) is 0.250. The maximum Gasteiger partial charge on any atom is 0.295 e. The van der Waals surface area contributed by atoms with Crippen molar-refractivity contribution in [3.8, 4) is 11.5 Å². The number of amides is 1. The Hall–Kier alpha value is -2.55. The van der Waals surface area contributed by atoms with Gasteiger partial charge >= 0.3 is 0 Å². The smallest absolute Gasteiger partial charge is 0.295 e. The molecule has 0 radical (unpaired) electrons. The summed E-state index contributed by atoms with van der Waals surface area (Å²) in [5.41, 5.74) is 0.784. The van der Waals surface area contributed by atoms with E-state index in [9.17, 15) is 19.8 Å². The second-order valence-electron chi connectivity index (χ2n) is 6.90. The predicted molar refractivity (Wildman–Crippen MR) is 119 cm³/mol. The van der Waals surface area contributed by atoms with Gasteiger partial charge in [0.25, 0.3) is 11.7 Å². The van der Waals surface area contributed by atoms with Crippen molar-refractivity contribution in [1.82, 2.24) is 4.90 Å². The lowest BCUT2D eigenvalue weighted by Crippen LogP contribution is -2.31. The topological polar surface area (TPSA) is 96.3 Å². The Morgan fingerprint density at radius 1 is 1.19 bits per heavy atom. The molecule has 2 N–H and O–H groups in total. The normalized spacial score (nSPS) is 17.9. The average Bonchev–Trinajstić information content (AvgIpc) is 3.00. The number of hydrogen-bond acceptors (Lipinski definition) is 6. The van der Waals surface area contributed by atoms with Crippen LogP contribution < -0.4 is 4.74 Å². The fraction of sp³-hybridized carbons (Fsp3) is 0.273. The van der Waals surface area contributed by atoms with Crippen LogP contribution in [0.1, 0.15) is 23.6 Å². The lowest BCUT2D eigenvalue weighted by atomic mass is 9.95. The van der Waals surface area contributed by atoms with Crippen molar-refractivity contribution >= 4 is 45.0 Å². The maximum absolute atomic E-state index is 12.9. The van der Waals surface area contributed by atoms with Crippen LogP contribution in [0.15, 0.2) is 46.4 Å². The van der Waals surface area contributed by atoms with Crippen LogP contribution in [0, 0.1) is 0 Å². The molecule has 1 amide bonds. The van der Waals surface area contributed by atoms with Gasteiger partial charge in [0.15, 0.2) is 0 Å². The highest BCUT2D eigenvalue weighted by Crippen LogP contribution is 2.41. The first kappa shape index (κ1) is 23.1. The highest BCUT2D eigenvalue weighted by molar-refractivity contribution is 9.10. The van der Waals surface area contributed by atoms with E-state index in [2.05, 4.69) is 15.9 Å². The van der Waals surface area contributed by atoms with E-state index in [4.69, 9.17) is 21.1 Å². The number of rotatable bonds is 7. The first-order chi connectivity index (χ1) is 14.8. The first-order valence-corrected chi connectivity index (χ1v) is 10.6. The molecule has 0 bridgehead atoms. The molecule has 1 fully saturated rings. The molecule has 0 spiro atoms. The Balaban J connectivity index is 2.15.